The second kappa shape index (κ2) is 10.6. The van der Waals surface area contributed by atoms with Gasteiger partial charge in [0.15, 0.2) is 0 Å². The molecule has 1 unspecified atom stereocenters. The molecule has 27 heavy (non-hydrogen) atoms. The van der Waals surface area contributed by atoms with Gasteiger partial charge in [-0.3, -0.25) is 13.7 Å². The molecule has 0 aliphatic heterocycles. The van der Waals surface area contributed by atoms with Gasteiger partial charge in [0.25, 0.3) is 17.2 Å². The van der Waals surface area contributed by atoms with E-state index in [1.165, 1.54) is 4.31 Å². The van der Waals surface area contributed by atoms with E-state index in [9.17, 15) is 13.6 Å². The molecule has 0 spiro atoms. The van der Waals surface area contributed by atoms with Gasteiger partial charge in [-0.05, 0) is 55.3 Å². The fraction of sp³-hybridized carbons (Fsp3) is 0.278. The van der Waals surface area contributed by atoms with Crippen molar-refractivity contribution in [2.24, 2.45) is 5.73 Å². The molecular weight excluding hydrogens is 409 g/mol. The molecule has 2 aromatic carbocycles. The summed E-state index contributed by atoms with van der Waals surface area (Å²) in [5, 5.41) is 3.64. The van der Waals surface area contributed by atoms with E-state index in [0.717, 1.165) is 5.56 Å². The monoisotopic (exact) mass is 429 g/mol. The van der Waals surface area contributed by atoms with Crippen molar-refractivity contribution in [2.45, 2.75) is 12.8 Å². The van der Waals surface area contributed by atoms with Gasteiger partial charge in [0.2, 0.25) is 0 Å². The average Bonchev–Trinajstić information content (AvgIpc) is 2.65. The van der Waals surface area contributed by atoms with E-state index in [1.54, 1.807) is 36.4 Å². The van der Waals surface area contributed by atoms with E-state index in [2.05, 4.69) is 5.32 Å². The van der Waals surface area contributed by atoms with Crippen LogP contribution < -0.4 is 15.4 Å². The van der Waals surface area contributed by atoms with Crippen molar-refractivity contribution in [2.75, 3.05) is 23.9 Å². The summed E-state index contributed by atoms with van der Waals surface area (Å²) in [7, 11) is 0. The van der Waals surface area contributed by atoms with E-state index in [1.807, 2.05) is 6.07 Å². The summed E-state index contributed by atoms with van der Waals surface area (Å²) in [5.74, 6) is -0.211. The number of rotatable bonds is 9. The van der Waals surface area contributed by atoms with Gasteiger partial charge in [-0.1, -0.05) is 35.3 Å². The summed E-state index contributed by atoms with van der Waals surface area (Å²) in [6.07, 6.45) is 1.14. The Morgan fingerprint density at radius 2 is 1.89 bits per heavy atom. The lowest BCUT2D eigenvalue weighted by molar-refractivity contribution is 0.0953. The fourth-order valence-electron chi connectivity index (χ4n) is 2.45. The third-order valence-electron chi connectivity index (χ3n) is 3.89. The number of amides is 1. The minimum Gasteiger partial charge on any atom is -0.352 e. The molecule has 1 atom stereocenters. The van der Waals surface area contributed by atoms with Gasteiger partial charge in [0.05, 0.1) is 15.7 Å². The fourth-order valence-corrected chi connectivity index (χ4v) is 3.41. The molecule has 0 saturated heterocycles. The third kappa shape index (κ3) is 6.19. The predicted molar refractivity (Wildman–Crippen MR) is 111 cm³/mol. The van der Waals surface area contributed by atoms with E-state index in [-0.39, 0.29) is 12.5 Å². The highest BCUT2D eigenvalue weighted by Crippen LogP contribution is 2.26. The average molecular weight is 430 g/mol. The summed E-state index contributed by atoms with van der Waals surface area (Å²) in [5.41, 5.74) is 7.18. The van der Waals surface area contributed by atoms with Crippen LogP contribution in [0.4, 0.5) is 5.69 Å². The Morgan fingerprint density at radius 3 is 2.52 bits per heavy atom. The molecule has 6 nitrogen and oxygen atoms in total. The van der Waals surface area contributed by atoms with Crippen molar-refractivity contribution in [3.8, 4) is 0 Å². The van der Waals surface area contributed by atoms with Gasteiger partial charge in [-0.2, -0.15) is 0 Å². The number of hydrogen-bond donors (Lipinski definition) is 3. The van der Waals surface area contributed by atoms with Gasteiger partial charge in [0, 0.05) is 18.7 Å². The maximum Gasteiger partial charge on any atom is 0.261 e. The normalized spacial score (nSPS) is 11.9. The highest BCUT2D eigenvalue weighted by molar-refractivity contribution is 7.80. The van der Waals surface area contributed by atoms with Crippen LogP contribution in [-0.4, -0.2) is 34.3 Å². The minimum atomic E-state index is -2.22. The largest absolute Gasteiger partial charge is 0.352 e. The topological polar surface area (TPSA) is 95.7 Å². The molecule has 9 heteroatoms. The van der Waals surface area contributed by atoms with Crippen LogP contribution in [0.5, 0.6) is 0 Å². The molecular formula is C18H21Cl2N3O3S. The lowest BCUT2D eigenvalue weighted by atomic mass is 10.1. The Balaban J connectivity index is 2.07. The predicted octanol–water partition coefficient (Wildman–Crippen LogP) is 3.26. The number of nitrogens with two attached hydrogens (primary N) is 1. The highest BCUT2D eigenvalue weighted by atomic mass is 35.5. The number of carbonyl (C=O) groups is 1. The quantitative estimate of drug-likeness (QED) is 0.420. The van der Waals surface area contributed by atoms with Crippen LogP contribution in [0.2, 0.25) is 10.0 Å². The van der Waals surface area contributed by atoms with Crippen LogP contribution in [0, 0.1) is 0 Å². The lowest BCUT2D eigenvalue weighted by Gasteiger charge is -2.20. The van der Waals surface area contributed by atoms with E-state index < -0.39 is 11.3 Å². The molecule has 0 aromatic heterocycles. The van der Waals surface area contributed by atoms with Crippen molar-refractivity contribution in [1.29, 1.82) is 0 Å². The Labute approximate surface area is 171 Å². The van der Waals surface area contributed by atoms with Gasteiger partial charge in [-0.15, -0.1) is 0 Å². The molecule has 4 N–H and O–H groups in total. The van der Waals surface area contributed by atoms with Crippen molar-refractivity contribution in [3.63, 3.8) is 0 Å². The number of nitrogens with zero attached hydrogens (tertiary/aromatic N) is 1. The Morgan fingerprint density at radius 1 is 1.19 bits per heavy atom. The Bertz CT molecular complexity index is 803. The molecule has 0 saturated carbocycles. The van der Waals surface area contributed by atoms with Crippen molar-refractivity contribution in [1.82, 2.24) is 5.32 Å². The molecule has 0 radical (unpaired) electrons. The minimum absolute atomic E-state index is 0.211. The standard InChI is InChI=1S/C18H21Cl2N3O3S/c19-16-4-1-3-13(17(16)20)9-12-23(27(25)26)15-7-5-14(6-8-15)18(24)22-11-2-10-21/h1,3-8H,2,9-12,21H2,(H,22,24)(H,25,26). The smallest absolute Gasteiger partial charge is 0.261 e. The van der Waals surface area contributed by atoms with Crippen LogP contribution in [0.1, 0.15) is 22.3 Å². The number of nitrogens with one attached hydrogen (secondary N) is 1. The summed E-state index contributed by atoms with van der Waals surface area (Å²) >= 11 is 9.95. The SMILES string of the molecule is NCCCNC(=O)c1ccc(N(CCc2cccc(Cl)c2Cl)S(=O)O)cc1. The lowest BCUT2D eigenvalue weighted by Crippen LogP contribution is -2.28. The van der Waals surface area contributed by atoms with Crippen molar-refractivity contribution in [3.05, 3.63) is 63.6 Å². The van der Waals surface area contributed by atoms with Gasteiger partial charge in [-0.25, -0.2) is 4.21 Å². The number of carbonyl (C=O) groups excluding carboxylic acids is 1. The molecule has 146 valence electrons. The van der Waals surface area contributed by atoms with E-state index in [0.29, 0.717) is 47.2 Å². The van der Waals surface area contributed by atoms with Crippen molar-refractivity contribution >= 4 is 46.1 Å². The second-order valence-electron chi connectivity index (χ2n) is 5.74. The van der Waals surface area contributed by atoms with Crippen molar-refractivity contribution < 1.29 is 13.6 Å². The van der Waals surface area contributed by atoms with E-state index in [4.69, 9.17) is 28.9 Å². The number of hydrogen-bond acceptors (Lipinski definition) is 3. The molecule has 2 rings (SSSR count). The Kier molecular flexibility index (Phi) is 8.53. The summed E-state index contributed by atoms with van der Waals surface area (Å²) in [6, 6.07) is 11.8. The number of halogens is 2. The molecule has 0 heterocycles. The zero-order chi connectivity index (χ0) is 19.8. The highest BCUT2D eigenvalue weighted by Gasteiger charge is 2.15. The Hall–Kier alpha value is -1.64. The first kappa shape index (κ1) is 21.7. The van der Waals surface area contributed by atoms with Crippen LogP contribution in [-0.2, 0) is 17.7 Å². The maximum atomic E-state index is 12.0. The maximum absolute atomic E-state index is 12.0. The van der Waals surface area contributed by atoms with Crippen LogP contribution in [0.25, 0.3) is 0 Å². The molecule has 0 fully saturated rings. The first-order chi connectivity index (χ1) is 12.9. The van der Waals surface area contributed by atoms with E-state index >= 15 is 0 Å². The summed E-state index contributed by atoms with van der Waals surface area (Å²) < 4.78 is 22.7. The van der Waals surface area contributed by atoms with Gasteiger partial charge in [0.1, 0.15) is 0 Å². The van der Waals surface area contributed by atoms with Gasteiger partial charge < -0.3 is 11.1 Å². The van der Waals surface area contributed by atoms with Crippen LogP contribution >= 0.6 is 23.2 Å². The molecule has 1 amide bonds. The number of benzene rings is 2. The molecule has 0 bridgehead atoms. The zero-order valence-electron chi connectivity index (χ0n) is 14.5. The molecule has 0 aliphatic rings. The summed E-state index contributed by atoms with van der Waals surface area (Å²) in [4.78, 5) is 12.0. The first-order valence-electron chi connectivity index (χ1n) is 8.33. The molecule has 2 aromatic rings. The molecule has 0 aliphatic carbocycles. The number of anilines is 1. The van der Waals surface area contributed by atoms with Crippen LogP contribution in [0.15, 0.2) is 42.5 Å². The van der Waals surface area contributed by atoms with Crippen LogP contribution in [0.3, 0.4) is 0 Å². The van der Waals surface area contributed by atoms with Gasteiger partial charge >= 0.3 is 0 Å². The first-order valence-corrected chi connectivity index (χ1v) is 10.2. The summed E-state index contributed by atoms with van der Waals surface area (Å²) in [6.45, 7) is 1.27. The second-order valence-corrected chi connectivity index (χ2v) is 7.43. The third-order valence-corrected chi connectivity index (χ3v) is 5.52. The zero-order valence-corrected chi connectivity index (χ0v) is 16.9.